The van der Waals surface area contributed by atoms with Crippen molar-refractivity contribution >= 4 is 11.7 Å². The molecule has 0 fully saturated rings. The maximum atomic E-state index is 12.4. The van der Waals surface area contributed by atoms with Crippen LogP contribution in [0.4, 0.5) is 5.69 Å². The van der Waals surface area contributed by atoms with Gasteiger partial charge in [-0.3, -0.25) is 10.1 Å². The Hall–Kier alpha value is -2.69. The van der Waals surface area contributed by atoms with Crippen molar-refractivity contribution in [1.82, 2.24) is 0 Å². The van der Waals surface area contributed by atoms with Crippen LogP contribution in [0.3, 0.4) is 0 Å². The summed E-state index contributed by atoms with van der Waals surface area (Å²) in [5, 5.41) is 10.7. The molecule has 0 amide bonds. The number of nitrogens with zero attached hydrogens (tertiary/aromatic N) is 1. The quantitative estimate of drug-likeness (QED) is 0.472. The van der Waals surface area contributed by atoms with Gasteiger partial charge in [-0.2, -0.15) is 0 Å². The van der Waals surface area contributed by atoms with Gasteiger partial charge in [-0.15, -0.1) is 0 Å². The van der Waals surface area contributed by atoms with E-state index in [0.717, 1.165) is 5.56 Å². The van der Waals surface area contributed by atoms with E-state index in [1.165, 1.54) is 24.3 Å². The molecular weight excluding hydrogens is 294 g/mol. The maximum Gasteiger partial charge on any atom is 0.338 e. The first-order chi connectivity index (χ1) is 10.8. The van der Waals surface area contributed by atoms with E-state index in [0.29, 0.717) is 5.56 Å². The Bertz CT molecular complexity index is 687. The minimum Gasteiger partial charge on any atom is -0.453 e. The van der Waals surface area contributed by atoms with Crippen molar-refractivity contribution < 1.29 is 14.5 Å². The number of benzene rings is 2. The lowest BCUT2D eigenvalue weighted by Crippen LogP contribution is -2.24. The van der Waals surface area contributed by atoms with Crippen molar-refractivity contribution in [2.24, 2.45) is 5.41 Å². The van der Waals surface area contributed by atoms with Crippen LogP contribution in [0.25, 0.3) is 0 Å². The number of hydrogen-bond acceptors (Lipinski definition) is 4. The summed E-state index contributed by atoms with van der Waals surface area (Å²) in [5.41, 5.74) is 0.866. The highest BCUT2D eigenvalue weighted by Gasteiger charge is 2.30. The molecule has 5 nitrogen and oxygen atoms in total. The summed E-state index contributed by atoms with van der Waals surface area (Å²) in [4.78, 5) is 22.5. The molecular formula is C18H19NO4. The van der Waals surface area contributed by atoms with E-state index in [2.05, 4.69) is 0 Å². The molecule has 2 rings (SSSR count). The van der Waals surface area contributed by atoms with Crippen molar-refractivity contribution in [3.8, 4) is 0 Å². The molecule has 1 atom stereocenters. The van der Waals surface area contributed by atoms with Crippen molar-refractivity contribution in [2.45, 2.75) is 26.9 Å². The highest BCUT2D eigenvalue weighted by atomic mass is 16.6. The highest BCUT2D eigenvalue weighted by Crippen LogP contribution is 2.36. The molecule has 0 heterocycles. The largest absolute Gasteiger partial charge is 0.453 e. The summed E-state index contributed by atoms with van der Waals surface area (Å²) >= 11 is 0. The number of ether oxygens (including phenoxy) is 1. The average molecular weight is 313 g/mol. The fraction of sp³-hybridized carbons (Fsp3) is 0.278. The van der Waals surface area contributed by atoms with E-state index < -0.39 is 17.0 Å². The smallest absolute Gasteiger partial charge is 0.338 e. The first-order valence-electron chi connectivity index (χ1n) is 7.29. The van der Waals surface area contributed by atoms with E-state index >= 15 is 0 Å². The van der Waals surface area contributed by atoms with E-state index in [-0.39, 0.29) is 11.1 Å². The van der Waals surface area contributed by atoms with Crippen LogP contribution in [0.5, 0.6) is 0 Å². The SMILES string of the molecule is CC(C)(C)C(OC(=O)c1ccc([N+](=O)[O-])cc1)c1ccccc1. The van der Waals surface area contributed by atoms with E-state index in [9.17, 15) is 14.9 Å². The minimum atomic E-state index is -0.503. The standard InChI is InChI=1S/C18H19NO4/c1-18(2,3)16(13-7-5-4-6-8-13)23-17(20)14-9-11-15(12-10-14)19(21)22/h4-12,16H,1-3H3. The molecule has 0 aromatic heterocycles. The van der Waals surface area contributed by atoms with Crippen molar-refractivity contribution in [3.63, 3.8) is 0 Å². The number of rotatable bonds is 4. The van der Waals surface area contributed by atoms with Crippen LogP contribution in [0, 0.1) is 15.5 Å². The third kappa shape index (κ3) is 4.16. The van der Waals surface area contributed by atoms with Gasteiger partial charge in [0.05, 0.1) is 10.5 Å². The normalized spacial score (nSPS) is 12.5. The molecule has 0 bridgehead atoms. The van der Waals surface area contributed by atoms with Gasteiger partial charge in [-0.1, -0.05) is 51.1 Å². The van der Waals surface area contributed by atoms with E-state index in [1.54, 1.807) is 0 Å². The van der Waals surface area contributed by atoms with E-state index in [1.807, 2.05) is 51.1 Å². The number of nitro groups is 1. The Morgan fingerprint density at radius 2 is 1.61 bits per heavy atom. The van der Waals surface area contributed by atoms with Crippen LogP contribution in [0.2, 0.25) is 0 Å². The number of carbonyl (C=O) groups excluding carboxylic acids is 1. The summed E-state index contributed by atoms with van der Waals surface area (Å²) in [5.74, 6) is -0.497. The Kier molecular flexibility index (Phi) is 4.79. The molecule has 2 aromatic carbocycles. The fourth-order valence-corrected chi connectivity index (χ4v) is 2.27. The van der Waals surface area contributed by atoms with Crippen LogP contribution in [0.1, 0.15) is 42.8 Å². The van der Waals surface area contributed by atoms with Gasteiger partial charge in [0.15, 0.2) is 0 Å². The molecule has 0 radical (unpaired) electrons. The lowest BCUT2D eigenvalue weighted by atomic mass is 9.84. The molecule has 0 spiro atoms. The van der Waals surface area contributed by atoms with Crippen molar-refractivity contribution in [2.75, 3.05) is 0 Å². The number of carbonyl (C=O) groups is 1. The third-order valence-electron chi connectivity index (χ3n) is 3.43. The summed E-state index contributed by atoms with van der Waals surface area (Å²) in [6, 6.07) is 14.9. The van der Waals surface area contributed by atoms with Gasteiger partial charge in [0.25, 0.3) is 5.69 Å². The predicted octanol–water partition coefficient (Wildman–Crippen LogP) is 4.54. The molecule has 23 heavy (non-hydrogen) atoms. The Labute approximate surface area is 135 Å². The van der Waals surface area contributed by atoms with E-state index in [4.69, 9.17) is 4.74 Å². The van der Waals surface area contributed by atoms with Gasteiger partial charge in [0.2, 0.25) is 0 Å². The second-order valence-corrected chi connectivity index (χ2v) is 6.37. The number of esters is 1. The molecule has 0 aliphatic carbocycles. The summed E-state index contributed by atoms with van der Waals surface area (Å²) < 4.78 is 5.68. The van der Waals surface area contributed by atoms with Gasteiger partial charge >= 0.3 is 5.97 Å². The number of non-ortho nitro benzene ring substituents is 1. The highest BCUT2D eigenvalue weighted by molar-refractivity contribution is 5.89. The zero-order valence-electron chi connectivity index (χ0n) is 13.4. The monoisotopic (exact) mass is 313 g/mol. The predicted molar refractivity (Wildman–Crippen MR) is 87.1 cm³/mol. The molecule has 0 saturated heterocycles. The van der Waals surface area contributed by atoms with Gasteiger partial charge in [0.1, 0.15) is 6.10 Å². The van der Waals surface area contributed by atoms with Gasteiger partial charge < -0.3 is 4.74 Å². The van der Waals surface area contributed by atoms with Crippen molar-refractivity contribution in [1.29, 1.82) is 0 Å². The molecule has 5 heteroatoms. The van der Waals surface area contributed by atoms with Crippen LogP contribution in [0.15, 0.2) is 54.6 Å². The molecule has 0 aliphatic heterocycles. The van der Waals surface area contributed by atoms with Gasteiger partial charge in [-0.25, -0.2) is 4.79 Å². The van der Waals surface area contributed by atoms with Gasteiger partial charge in [-0.05, 0) is 17.7 Å². The lowest BCUT2D eigenvalue weighted by molar-refractivity contribution is -0.384. The second kappa shape index (κ2) is 6.60. The summed E-state index contributed by atoms with van der Waals surface area (Å²) in [6.45, 7) is 5.98. The Morgan fingerprint density at radius 1 is 1.04 bits per heavy atom. The summed E-state index contributed by atoms with van der Waals surface area (Å²) in [7, 11) is 0. The topological polar surface area (TPSA) is 69.4 Å². The average Bonchev–Trinajstić information content (AvgIpc) is 2.52. The maximum absolute atomic E-state index is 12.4. The molecule has 2 aromatic rings. The molecule has 0 N–H and O–H groups in total. The zero-order chi connectivity index (χ0) is 17.0. The lowest BCUT2D eigenvalue weighted by Gasteiger charge is -2.30. The second-order valence-electron chi connectivity index (χ2n) is 6.37. The fourth-order valence-electron chi connectivity index (χ4n) is 2.27. The molecule has 1 unspecified atom stereocenters. The Morgan fingerprint density at radius 3 is 2.09 bits per heavy atom. The minimum absolute atomic E-state index is 0.0584. The molecule has 0 aliphatic rings. The molecule has 0 saturated carbocycles. The van der Waals surface area contributed by atoms with Crippen LogP contribution in [-0.4, -0.2) is 10.9 Å². The summed E-state index contributed by atoms with van der Waals surface area (Å²) in [6.07, 6.45) is -0.411. The molecule has 120 valence electrons. The van der Waals surface area contributed by atoms with Gasteiger partial charge in [0, 0.05) is 17.5 Å². The number of nitro benzene ring substituents is 1. The van der Waals surface area contributed by atoms with Crippen LogP contribution >= 0.6 is 0 Å². The third-order valence-corrected chi connectivity index (χ3v) is 3.43. The Balaban J connectivity index is 2.23. The first kappa shape index (κ1) is 16.7. The van der Waals surface area contributed by atoms with Crippen LogP contribution in [-0.2, 0) is 4.74 Å². The zero-order valence-corrected chi connectivity index (χ0v) is 13.4. The first-order valence-corrected chi connectivity index (χ1v) is 7.29. The van der Waals surface area contributed by atoms with Crippen LogP contribution < -0.4 is 0 Å². The van der Waals surface area contributed by atoms with Crippen molar-refractivity contribution in [3.05, 3.63) is 75.8 Å². The number of hydrogen-bond donors (Lipinski definition) is 0.